The molecule has 15 heavy (non-hydrogen) atoms. The second-order valence-electron chi connectivity index (χ2n) is 4.04. The summed E-state index contributed by atoms with van der Waals surface area (Å²) in [4.78, 5) is 0. The van der Waals surface area contributed by atoms with Gasteiger partial charge in [-0.2, -0.15) is 0 Å². The quantitative estimate of drug-likeness (QED) is 0.749. The van der Waals surface area contributed by atoms with Gasteiger partial charge in [0.15, 0.2) is 0 Å². The van der Waals surface area contributed by atoms with Crippen LogP contribution in [0, 0.1) is 12.3 Å². The molecule has 1 aromatic carbocycles. The van der Waals surface area contributed by atoms with Gasteiger partial charge in [-0.05, 0) is 18.6 Å². The third kappa shape index (κ3) is 1.56. The van der Waals surface area contributed by atoms with Gasteiger partial charge in [-0.25, -0.2) is 0 Å². The van der Waals surface area contributed by atoms with E-state index in [4.69, 9.17) is 10.1 Å². The molecule has 78 valence electrons. The zero-order valence-corrected chi connectivity index (χ0v) is 9.08. The Morgan fingerprint density at radius 3 is 2.40 bits per heavy atom. The Bertz CT molecular complexity index is 405. The molecule has 0 aromatic heterocycles. The first-order chi connectivity index (χ1) is 7.20. The highest BCUT2D eigenvalue weighted by Gasteiger charge is 2.37. The zero-order valence-electron chi connectivity index (χ0n) is 9.08. The van der Waals surface area contributed by atoms with Gasteiger partial charge in [0.25, 0.3) is 0 Å². The summed E-state index contributed by atoms with van der Waals surface area (Å²) < 4.78 is 5.15. The van der Waals surface area contributed by atoms with Crippen LogP contribution in [0.3, 0.4) is 0 Å². The summed E-state index contributed by atoms with van der Waals surface area (Å²) >= 11 is 0. The molecule has 1 N–H and O–H groups in total. The fraction of sp³-hybridized carbons (Fsp3) is 0.308. The van der Waals surface area contributed by atoms with Gasteiger partial charge in [0.2, 0.25) is 0 Å². The van der Waals surface area contributed by atoms with E-state index in [1.54, 1.807) is 7.11 Å². The van der Waals surface area contributed by atoms with Crippen LogP contribution in [0.15, 0.2) is 36.1 Å². The van der Waals surface area contributed by atoms with Crippen LogP contribution in [0.4, 0.5) is 0 Å². The summed E-state index contributed by atoms with van der Waals surface area (Å²) in [6.07, 6.45) is 4.32. The molecule has 2 nitrogen and oxygen atoms in total. The topological polar surface area (TPSA) is 33.1 Å². The van der Waals surface area contributed by atoms with Gasteiger partial charge in [-0.3, -0.25) is 0 Å². The van der Waals surface area contributed by atoms with E-state index in [-0.39, 0.29) is 5.41 Å². The van der Waals surface area contributed by atoms with Crippen molar-refractivity contribution in [2.24, 2.45) is 0 Å². The van der Waals surface area contributed by atoms with Crippen molar-refractivity contribution in [3.05, 3.63) is 47.2 Å². The van der Waals surface area contributed by atoms with E-state index in [0.29, 0.717) is 0 Å². The lowest BCUT2D eigenvalue weighted by atomic mass is 9.70. The normalized spacial score (nSPS) is 24.0. The second-order valence-corrected chi connectivity index (χ2v) is 4.04. The molecule has 1 unspecified atom stereocenters. The number of aryl methyl sites for hydroxylation is 1. The van der Waals surface area contributed by atoms with E-state index in [1.807, 2.05) is 6.08 Å². The van der Waals surface area contributed by atoms with Crippen LogP contribution < -0.4 is 0 Å². The maximum atomic E-state index is 7.54. The first-order valence-corrected chi connectivity index (χ1v) is 5.05. The highest BCUT2D eigenvalue weighted by Crippen LogP contribution is 2.40. The predicted octanol–water partition coefficient (Wildman–Crippen LogP) is 2.82. The Balaban J connectivity index is 2.34. The van der Waals surface area contributed by atoms with E-state index < -0.39 is 0 Å². The summed E-state index contributed by atoms with van der Waals surface area (Å²) in [7, 11) is 1.68. The molecule has 1 atom stereocenters. The van der Waals surface area contributed by atoms with Gasteiger partial charge in [-0.1, -0.05) is 29.8 Å². The number of hydrogen-bond donors (Lipinski definition) is 1. The largest absolute Gasteiger partial charge is 0.501 e. The minimum Gasteiger partial charge on any atom is -0.501 e. The van der Waals surface area contributed by atoms with Crippen molar-refractivity contribution in [3.8, 4) is 0 Å². The van der Waals surface area contributed by atoms with Crippen LogP contribution in [0.25, 0.3) is 0 Å². The van der Waals surface area contributed by atoms with Crippen molar-refractivity contribution >= 4 is 6.21 Å². The van der Waals surface area contributed by atoms with Gasteiger partial charge in [0.1, 0.15) is 0 Å². The molecule has 1 aliphatic rings. The van der Waals surface area contributed by atoms with E-state index >= 15 is 0 Å². The Morgan fingerprint density at radius 1 is 1.33 bits per heavy atom. The van der Waals surface area contributed by atoms with Gasteiger partial charge < -0.3 is 10.1 Å². The van der Waals surface area contributed by atoms with Gasteiger partial charge in [0.05, 0.1) is 18.3 Å². The lowest BCUT2D eigenvalue weighted by Gasteiger charge is -2.35. The number of rotatable bonds is 3. The molecule has 0 bridgehead atoms. The molecule has 2 rings (SSSR count). The Morgan fingerprint density at radius 2 is 1.93 bits per heavy atom. The molecule has 2 heteroatoms. The molecular formula is C13H15NO. The lowest BCUT2D eigenvalue weighted by Crippen LogP contribution is -2.34. The molecule has 0 saturated heterocycles. The third-order valence-corrected chi connectivity index (χ3v) is 2.99. The molecule has 1 aliphatic carbocycles. The van der Waals surface area contributed by atoms with Gasteiger partial charge in [0, 0.05) is 12.6 Å². The molecule has 0 saturated carbocycles. The number of ether oxygens (including phenoxy) is 1. The maximum absolute atomic E-state index is 7.54. The smallest absolute Gasteiger partial charge is 0.0944 e. The van der Waals surface area contributed by atoms with Crippen molar-refractivity contribution in [1.82, 2.24) is 0 Å². The van der Waals surface area contributed by atoms with Crippen LogP contribution in [0.1, 0.15) is 17.5 Å². The van der Waals surface area contributed by atoms with E-state index in [0.717, 1.165) is 12.2 Å². The summed E-state index contributed by atoms with van der Waals surface area (Å²) in [5.74, 6) is 0.971. The van der Waals surface area contributed by atoms with Crippen LogP contribution in [0.2, 0.25) is 0 Å². The molecule has 0 amide bonds. The monoisotopic (exact) mass is 201 g/mol. The predicted molar refractivity (Wildman–Crippen MR) is 61.3 cm³/mol. The van der Waals surface area contributed by atoms with E-state index in [9.17, 15) is 0 Å². The molecule has 0 fully saturated rings. The first kappa shape index (κ1) is 9.97. The third-order valence-electron chi connectivity index (χ3n) is 2.99. The van der Waals surface area contributed by atoms with Crippen LogP contribution >= 0.6 is 0 Å². The number of methoxy groups -OCH3 is 1. The molecule has 0 spiro atoms. The Kier molecular flexibility index (Phi) is 2.35. The Hall–Kier alpha value is -1.57. The minimum atomic E-state index is -0.223. The van der Waals surface area contributed by atoms with Crippen LogP contribution in [0.5, 0.6) is 0 Å². The number of nitrogens with one attached hydrogen (secondary N) is 1. The summed E-state index contributed by atoms with van der Waals surface area (Å²) in [5, 5.41) is 7.54. The lowest BCUT2D eigenvalue weighted by molar-refractivity contribution is 0.242. The van der Waals surface area contributed by atoms with Gasteiger partial charge >= 0.3 is 0 Å². The average Bonchev–Trinajstić information content (AvgIpc) is 2.20. The van der Waals surface area contributed by atoms with Crippen molar-refractivity contribution in [1.29, 1.82) is 5.41 Å². The summed E-state index contributed by atoms with van der Waals surface area (Å²) in [5.41, 5.74) is 2.19. The summed E-state index contributed by atoms with van der Waals surface area (Å²) in [6.45, 7) is 2.07. The minimum absolute atomic E-state index is 0.223. The van der Waals surface area contributed by atoms with Crippen molar-refractivity contribution in [3.63, 3.8) is 0 Å². The van der Waals surface area contributed by atoms with E-state index in [2.05, 4.69) is 31.2 Å². The maximum Gasteiger partial charge on any atom is 0.0944 e. The molecule has 1 aromatic rings. The van der Waals surface area contributed by atoms with Crippen molar-refractivity contribution in [2.75, 3.05) is 7.11 Å². The number of hydrogen-bond acceptors (Lipinski definition) is 2. The van der Waals surface area contributed by atoms with Crippen molar-refractivity contribution in [2.45, 2.75) is 18.8 Å². The SMILES string of the molecule is COC1=CC(C=N)(c2ccc(C)cc2)C1. The standard InChI is InChI=1S/C13H15NO/c1-10-3-5-11(6-4-10)13(9-14)7-12(8-13)15-2/h3-7,9,14H,8H2,1-2H3. The fourth-order valence-electron chi connectivity index (χ4n) is 1.90. The highest BCUT2D eigenvalue weighted by molar-refractivity contribution is 5.77. The summed E-state index contributed by atoms with van der Waals surface area (Å²) in [6, 6.07) is 8.34. The highest BCUT2D eigenvalue weighted by atomic mass is 16.5. The van der Waals surface area contributed by atoms with Crippen LogP contribution in [-0.2, 0) is 10.2 Å². The van der Waals surface area contributed by atoms with Gasteiger partial charge in [-0.15, -0.1) is 0 Å². The number of benzene rings is 1. The van der Waals surface area contributed by atoms with Crippen molar-refractivity contribution < 1.29 is 4.74 Å². The molecular weight excluding hydrogens is 186 g/mol. The average molecular weight is 201 g/mol. The van der Waals surface area contributed by atoms with Crippen LogP contribution in [-0.4, -0.2) is 13.3 Å². The molecule has 0 aliphatic heterocycles. The molecule has 0 heterocycles. The first-order valence-electron chi connectivity index (χ1n) is 5.05. The number of allylic oxidation sites excluding steroid dienone is 2. The fourth-order valence-corrected chi connectivity index (χ4v) is 1.90. The van der Waals surface area contributed by atoms with E-state index in [1.165, 1.54) is 17.3 Å². The Labute approximate surface area is 90.1 Å². The molecule has 0 radical (unpaired) electrons. The zero-order chi connectivity index (χ0) is 10.9. The second kappa shape index (κ2) is 3.54.